The summed E-state index contributed by atoms with van der Waals surface area (Å²) in [5, 5.41) is 0. The summed E-state index contributed by atoms with van der Waals surface area (Å²) in [5.74, 6) is 0.392. The van der Waals surface area contributed by atoms with Crippen LogP contribution in [0.25, 0.3) is 5.57 Å². The normalized spacial score (nSPS) is 21.4. The molecule has 0 saturated heterocycles. The average molecular weight is 346 g/mol. The van der Waals surface area contributed by atoms with Crippen LogP contribution in [0.15, 0.2) is 54.6 Å². The van der Waals surface area contributed by atoms with Crippen LogP contribution in [0.4, 0.5) is 0 Å². The third-order valence-electron chi connectivity index (χ3n) is 5.66. The number of allylic oxidation sites excluding steroid dienone is 2. The van der Waals surface area contributed by atoms with Crippen LogP contribution in [0.3, 0.4) is 0 Å². The zero-order chi connectivity index (χ0) is 18.1. The smallest absolute Gasteiger partial charge is 0.337 e. The summed E-state index contributed by atoms with van der Waals surface area (Å²) in [6.07, 6.45) is 5.74. The van der Waals surface area contributed by atoms with Crippen molar-refractivity contribution in [3.05, 3.63) is 76.9 Å². The van der Waals surface area contributed by atoms with E-state index in [1.54, 1.807) is 12.1 Å². The first kappa shape index (κ1) is 16.8. The summed E-state index contributed by atoms with van der Waals surface area (Å²) in [4.78, 5) is 24.3. The SMILES string of the molecule is COC(=O)c1ccc(CC2CC3CCc4ccccc4C3=CC2=O)cc1. The van der Waals surface area contributed by atoms with Gasteiger partial charge in [-0.2, -0.15) is 0 Å². The monoisotopic (exact) mass is 346 g/mol. The molecule has 26 heavy (non-hydrogen) atoms. The van der Waals surface area contributed by atoms with E-state index in [2.05, 4.69) is 24.3 Å². The molecule has 0 spiro atoms. The molecule has 2 aliphatic carbocycles. The first-order chi connectivity index (χ1) is 12.7. The van der Waals surface area contributed by atoms with Crippen LogP contribution in [0.1, 0.15) is 39.9 Å². The van der Waals surface area contributed by atoms with Gasteiger partial charge in [-0.05, 0) is 72.1 Å². The molecule has 132 valence electrons. The summed E-state index contributed by atoms with van der Waals surface area (Å²) in [5.41, 5.74) is 5.48. The van der Waals surface area contributed by atoms with Crippen LogP contribution in [-0.4, -0.2) is 18.9 Å². The first-order valence-corrected chi connectivity index (χ1v) is 9.16. The number of ketones is 1. The Morgan fingerprint density at radius 3 is 2.65 bits per heavy atom. The van der Waals surface area contributed by atoms with E-state index in [1.807, 2.05) is 18.2 Å². The molecule has 0 bridgehead atoms. The van der Waals surface area contributed by atoms with Gasteiger partial charge in [-0.15, -0.1) is 0 Å². The number of hydrogen-bond donors (Lipinski definition) is 0. The molecule has 2 aromatic rings. The highest BCUT2D eigenvalue weighted by molar-refractivity contribution is 6.01. The Balaban J connectivity index is 1.53. The third-order valence-corrected chi connectivity index (χ3v) is 5.66. The molecule has 2 atom stereocenters. The number of hydrogen-bond acceptors (Lipinski definition) is 3. The maximum Gasteiger partial charge on any atom is 0.337 e. The van der Waals surface area contributed by atoms with E-state index in [0.717, 1.165) is 31.2 Å². The fourth-order valence-corrected chi connectivity index (χ4v) is 4.26. The molecular weight excluding hydrogens is 324 g/mol. The Hall–Kier alpha value is -2.68. The first-order valence-electron chi connectivity index (χ1n) is 9.16. The van der Waals surface area contributed by atoms with Crippen molar-refractivity contribution in [1.29, 1.82) is 0 Å². The largest absolute Gasteiger partial charge is 0.465 e. The Morgan fingerprint density at radius 2 is 1.88 bits per heavy atom. The van der Waals surface area contributed by atoms with E-state index in [9.17, 15) is 9.59 Å². The number of fused-ring (bicyclic) bond motifs is 3. The lowest BCUT2D eigenvalue weighted by Crippen LogP contribution is -2.27. The minimum absolute atomic E-state index is 0.0259. The van der Waals surface area contributed by atoms with Crippen molar-refractivity contribution in [3.8, 4) is 0 Å². The molecule has 0 radical (unpaired) electrons. The number of rotatable bonds is 3. The van der Waals surface area contributed by atoms with Crippen LogP contribution >= 0.6 is 0 Å². The van der Waals surface area contributed by atoms with Gasteiger partial charge in [0, 0.05) is 5.92 Å². The average Bonchev–Trinajstić information content (AvgIpc) is 2.68. The van der Waals surface area contributed by atoms with Gasteiger partial charge in [-0.3, -0.25) is 4.79 Å². The summed E-state index contributed by atoms with van der Waals surface area (Å²) in [6, 6.07) is 15.8. The van der Waals surface area contributed by atoms with Crippen LogP contribution in [0.5, 0.6) is 0 Å². The highest BCUT2D eigenvalue weighted by Gasteiger charge is 2.33. The second-order valence-electron chi connectivity index (χ2n) is 7.22. The topological polar surface area (TPSA) is 43.4 Å². The van der Waals surface area contributed by atoms with Gasteiger partial charge < -0.3 is 4.74 Å². The second kappa shape index (κ2) is 6.91. The Labute approximate surface area is 153 Å². The fourth-order valence-electron chi connectivity index (χ4n) is 4.26. The Morgan fingerprint density at radius 1 is 1.12 bits per heavy atom. The van der Waals surface area contributed by atoms with Crippen molar-refractivity contribution in [2.75, 3.05) is 7.11 Å². The van der Waals surface area contributed by atoms with Crippen molar-refractivity contribution in [2.45, 2.75) is 25.7 Å². The van der Waals surface area contributed by atoms with E-state index in [-0.39, 0.29) is 17.7 Å². The van der Waals surface area contributed by atoms with E-state index >= 15 is 0 Å². The van der Waals surface area contributed by atoms with Gasteiger partial charge >= 0.3 is 5.97 Å². The molecule has 2 aromatic carbocycles. The van der Waals surface area contributed by atoms with Gasteiger partial charge in [0.15, 0.2) is 5.78 Å². The van der Waals surface area contributed by atoms with Crippen molar-refractivity contribution in [3.63, 3.8) is 0 Å². The summed E-state index contributed by atoms with van der Waals surface area (Å²) >= 11 is 0. The molecule has 3 nitrogen and oxygen atoms in total. The number of benzene rings is 2. The van der Waals surface area contributed by atoms with Gasteiger partial charge in [0.1, 0.15) is 0 Å². The molecule has 0 aromatic heterocycles. The molecular formula is C23H22O3. The van der Waals surface area contributed by atoms with Gasteiger partial charge in [0.2, 0.25) is 0 Å². The van der Waals surface area contributed by atoms with Gasteiger partial charge in [-0.25, -0.2) is 4.79 Å². The number of carbonyl (C=O) groups excluding carboxylic acids is 2. The molecule has 0 heterocycles. The molecule has 0 aliphatic heterocycles. The maximum absolute atomic E-state index is 12.7. The highest BCUT2D eigenvalue weighted by atomic mass is 16.5. The molecule has 0 N–H and O–H groups in total. The minimum atomic E-state index is -0.335. The lowest BCUT2D eigenvalue weighted by Gasteiger charge is -2.34. The van der Waals surface area contributed by atoms with Crippen molar-refractivity contribution >= 4 is 17.3 Å². The molecule has 2 unspecified atom stereocenters. The zero-order valence-electron chi connectivity index (χ0n) is 14.9. The summed E-state index contributed by atoms with van der Waals surface area (Å²) < 4.78 is 4.73. The van der Waals surface area contributed by atoms with Crippen LogP contribution in [0.2, 0.25) is 0 Å². The predicted octanol–water partition coefficient (Wildman–Crippen LogP) is 4.25. The number of carbonyl (C=O) groups is 2. The van der Waals surface area contributed by atoms with Crippen molar-refractivity contribution in [1.82, 2.24) is 0 Å². The zero-order valence-corrected chi connectivity index (χ0v) is 14.9. The van der Waals surface area contributed by atoms with E-state index in [0.29, 0.717) is 11.5 Å². The van der Waals surface area contributed by atoms with Gasteiger partial charge in [0.05, 0.1) is 12.7 Å². The van der Waals surface area contributed by atoms with Gasteiger partial charge in [-0.1, -0.05) is 36.4 Å². The van der Waals surface area contributed by atoms with Crippen LogP contribution in [0, 0.1) is 11.8 Å². The fraction of sp³-hybridized carbons (Fsp3) is 0.304. The number of methoxy groups -OCH3 is 1. The number of aryl methyl sites for hydroxylation is 1. The third kappa shape index (κ3) is 3.10. The standard InChI is InChI=1S/C23H22O3/c1-26-23(25)17-8-6-15(7-9-17)12-19-13-18-11-10-16-4-2-3-5-20(16)21(18)14-22(19)24/h2-9,14,18-19H,10-13H2,1H3. The van der Waals surface area contributed by atoms with Crippen LogP contribution in [-0.2, 0) is 22.4 Å². The Bertz CT molecular complexity index is 877. The van der Waals surface area contributed by atoms with E-state index in [4.69, 9.17) is 4.74 Å². The molecule has 3 heteroatoms. The summed E-state index contributed by atoms with van der Waals surface area (Å²) in [7, 11) is 1.38. The van der Waals surface area contributed by atoms with Crippen LogP contribution < -0.4 is 0 Å². The summed E-state index contributed by atoms with van der Waals surface area (Å²) in [6.45, 7) is 0. The highest BCUT2D eigenvalue weighted by Crippen LogP contribution is 2.42. The van der Waals surface area contributed by atoms with E-state index in [1.165, 1.54) is 23.8 Å². The molecule has 0 fully saturated rings. The van der Waals surface area contributed by atoms with Crippen molar-refractivity contribution < 1.29 is 14.3 Å². The number of ether oxygens (including phenoxy) is 1. The molecule has 0 amide bonds. The number of esters is 1. The molecule has 0 saturated carbocycles. The van der Waals surface area contributed by atoms with Gasteiger partial charge in [0.25, 0.3) is 0 Å². The lowest BCUT2D eigenvalue weighted by molar-refractivity contribution is -0.119. The lowest BCUT2D eigenvalue weighted by atomic mass is 9.70. The van der Waals surface area contributed by atoms with Crippen molar-refractivity contribution in [2.24, 2.45) is 11.8 Å². The molecule has 2 aliphatic rings. The molecule has 4 rings (SSSR count). The quantitative estimate of drug-likeness (QED) is 0.780. The van der Waals surface area contributed by atoms with E-state index < -0.39 is 0 Å². The maximum atomic E-state index is 12.7. The second-order valence-corrected chi connectivity index (χ2v) is 7.22. The predicted molar refractivity (Wildman–Crippen MR) is 101 cm³/mol. The minimum Gasteiger partial charge on any atom is -0.465 e. The Kier molecular flexibility index (Phi) is 4.46.